The van der Waals surface area contributed by atoms with Gasteiger partial charge in [0, 0.05) is 12.1 Å². The molecule has 0 saturated carbocycles. The van der Waals surface area contributed by atoms with E-state index < -0.39 is 0 Å². The minimum absolute atomic E-state index is 0.365. The van der Waals surface area contributed by atoms with Crippen LogP contribution in [-0.4, -0.2) is 21.6 Å². The third kappa shape index (κ3) is 2.86. The number of methoxy groups -OCH3 is 1. The summed E-state index contributed by atoms with van der Waals surface area (Å²) in [4.78, 5) is 8.95. The molecule has 20 heavy (non-hydrogen) atoms. The second-order valence-electron chi connectivity index (χ2n) is 5.12. The van der Waals surface area contributed by atoms with Crippen LogP contribution in [0.2, 0.25) is 0 Å². The lowest BCUT2D eigenvalue weighted by atomic mass is 10.0. The normalized spacial score (nSPS) is 12.8. The summed E-state index contributed by atoms with van der Waals surface area (Å²) in [5, 5.41) is 0. The van der Waals surface area contributed by atoms with Gasteiger partial charge >= 0.3 is 0 Å². The fraction of sp³-hybridized carbons (Fsp3) is 0.600. The number of nitrogen functional groups attached to an aromatic ring is 1. The summed E-state index contributed by atoms with van der Waals surface area (Å²) < 4.78 is 7.29. The molecule has 2 aromatic rings. The Morgan fingerprint density at radius 1 is 1.20 bits per heavy atom. The number of hydrogen-bond donors (Lipinski definition) is 1. The Bertz CT molecular complexity index is 564. The average Bonchev–Trinajstić information content (AvgIpc) is 2.78. The summed E-state index contributed by atoms with van der Waals surface area (Å²) >= 11 is 0. The lowest BCUT2D eigenvalue weighted by molar-refractivity contribution is 0.396. The Hall–Kier alpha value is -1.78. The van der Waals surface area contributed by atoms with Crippen LogP contribution in [0.1, 0.15) is 52.0 Å². The highest BCUT2D eigenvalue weighted by atomic mass is 16.5. The Balaban J connectivity index is 2.45. The smallest absolute Gasteiger partial charge is 0.215 e. The van der Waals surface area contributed by atoms with E-state index in [9.17, 15) is 0 Å². The van der Waals surface area contributed by atoms with Crippen LogP contribution < -0.4 is 10.5 Å². The van der Waals surface area contributed by atoms with Gasteiger partial charge in [-0.05, 0) is 18.9 Å². The molecule has 0 aromatic carbocycles. The van der Waals surface area contributed by atoms with Crippen molar-refractivity contribution in [3.63, 3.8) is 0 Å². The maximum absolute atomic E-state index is 6.12. The van der Waals surface area contributed by atoms with Gasteiger partial charge in [-0.3, -0.25) is 4.57 Å². The molecule has 5 heteroatoms. The average molecular weight is 276 g/mol. The Morgan fingerprint density at radius 2 is 2.00 bits per heavy atom. The van der Waals surface area contributed by atoms with Gasteiger partial charge in [-0.1, -0.05) is 33.1 Å². The monoisotopic (exact) mass is 276 g/mol. The van der Waals surface area contributed by atoms with E-state index in [1.54, 1.807) is 7.11 Å². The van der Waals surface area contributed by atoms with E-state index >= 15 is 0 Å². The first kappa shape index (κ1) is 14.6. The summed E-state index contributed by atoms with van der Waals surface area (Å²) in [5.41, 5.74) is 7.78. The molecule has 0 radical (unpaired) electrons. The van der Waals surface area contributed by atoms with Crippen LogP contribution >= 0.6 is 0 Å². The van der Waals surface area contributed by atoms with Gasteiger partial charge in [0.05, 0.1) is 7.11 Å². The zero-order valence-corrected chi connectivity index (χ0v) is 12.6. The van der Waals surface area contributed by atoms with Crippen LogP contribution in [0.25, 0.3) is 11.2 Å². The van der Waals surface area contributed by atoms with Crippen molar-refractivity contribution in [1.29, 1.82) is 0 Å². The first-order valence-electron chi connectivity index (χ1n) is 7.39. The topological polar surface area (TPSA) is 66.0 Å². The van der Waals surface area contributed by atoms with Crippen LogP contribution in [0, 0.1) is 0 Å². The number of aromatic nitrogens is 3. The van der Waals surface area contributed by atoms with Gasteiger partial charge in [-0.15, -0.1) is 0 Å². The molecule has 110 valence electrons. The van der Waals surface area contributed by atoms with Gasteiger partial charge in [0.1, 0.15) is 5.52 Å². The van der Waals surface area contributed by atoms with Crippen molar-refractivity contribution in [2.45, 2.75) is 52.0 Å². The van der Waals surface area contributed by atoms with Crippen molar-refractivity contribution >= 4 is 17.1 Å². The molecule has 0 aliphatic carbocycles. The molecule has 0 amide bonds. The fourth-order valence-electron chi connectivity index (χ4n) is 2.62. The SMILES string of the molecule is CCCCC(CCC)n1c(N)nc2ccc(OC)nc21. The molecule has 1 unspecified atom stereocenters. The molecule has 0 fully saturated rings. The zero-order chi connectivity index (χ0) is 14.5. The summed E-state index contributed by atoms with van der Waals surface area (Å²) in [6.45, 7) is 4.40. The second-order valence-corrected chi connectivity index (χ2v) is 5.12. The Kier molecular flexibility index (Phi) is 4.82. The van der Waals surface area contributed by atoms with Crippen LogP contribution in [0.5, 0.6) is 5.88 Å². The third-order valence-electron chi connectivity index (χ3n) is 3.63. The number of unbranched alkanes of at least 4 members (excludes halogenated alkanes) is 1. The van der Waals surface area contributed by atoms with Gasteiger partial charge in [-0.25, -0.2) is 4.98 Å². The maximum Gasteiger partial charge on any atom is 0.215 e. The molecule has 2 heterocycles. The number of nitrogens with zero attached hydrogens (tertiary/aromatic N) is 3. The molecular weight excluding hydrogens is 252 g/mol. The number of rotatable bonds is 7. The minimum atomic E-state index is 0.365. The van der Waals surface area contributed by atoms with Crippen molar-refractivity contribution in [2.24, 2.45) is 0 Å². The van der Waals surface area contributed by atoms with E-state index in [1.165, 1.54) is 12.8 Å². The van der Waals surface area contributed by atoms with Gasteiger partial charge in [0.2, 0.25) is 11.8 Å². The Morgan fingerprint density at radius 3 is 2.65 bits per heavy atom. The van der Waals surface area contributed by atoms with Gasteiger partial charge in [-0.2, -0.15) is 4.98 Å². The number of ether oxygens (including phenoxy) is 1. The first-order valence-corrected chi connectivity index (χ1v) is 7.39. The highest BCUT2D eigenvalue weighted by molar-refractivity contribution is 5.75. The largest absolute Gasteiger partial charge is 0.481 e. The van der Waals surface area contributed by atoms with Crippen LogP contribution in [-0.2, 0) is 0 Å². The third-order valence-corrected chi connectivity index (χ3v) is 3.63. The molecule has 0 bridgehead atoms. The summed E-state index contributed by atoms with van der Waals surface area (Å²) in [6.07, 6.45) is 5.70. The first-order chi connectivity index (χ1) is 9.71. The van der Waals surface area contributed by atoms with Crippen molar-refractivity contribution in [3.8, 4) is 5.88 Å². The Labute approximate surface area is 120 Å². The van der Waals surface area contributed by atoms with Gasteiger partial charge in [0.15, 0.2) is 5.65 Å². The summed E-state index contributed by atoms with van der Waals surface area (Å²) in [5.74, 6) is 1.15. The lowest BCUT2D eigenvalue weighted by Crippen LogP contribution is -2.12. The quantitative estimate of drug-likeness (QED) is 0.839. The van der Waals surface area contributed by atoms with Crippen molar-refractivity contribution in [1.82, 2.24) is 14.5 Å². The summed E-state index contributed by atoms with van der Waals surface area (Å²) in [7, 11) is 1.62. The minimum Gasteiger partial charge on any atom is -0.481 e. The van der Waals surface area contributed by atoms with E-state index in [0.717, 1.165) is 30.4 Å². The van der Waals surface area contributed by atoms with Crippen LogP contribution in [0.15, 0.2) is 12.1 Å². The molecule has 0 aliphatic rings. The molecule has 2 N–H and O–H groups in total. The van der Waals surface area contributed by atoms with Crippen LogP contribution in [0.4, 0.5) is 5.95 Å². The molecule has 1 atom stereocenters. The molecular formula is C15H24N4O. The molecule has 0 saturated heterocycles. The van der Waals surface area contributed by atoms with E-state index in [0.29, 0.717) is 17.9 Å². The van der Waals surface area contributed by atoms with E-state index in [4.69, 9.17) is 10.5 Å². The zero-order valence-electron chi connectivity index (χ0n) is 12.6. The van der Waals surface area contributed by atoms with Crippen molar-refractivity contribution in [2.75, 3.05) is 12.8 Å². The second kappa shape index (κ2) is 6.59. The molecule has 0 aliphatic heterocycles. The highest BCUT2D eigenvalue weighted by Gasteiger charge is 2.18. The standard InChI is InChI=1S/C15H24N4O/c1-4-6-8-11(7-5-2)19-14-12(17-15(19)16)9-10-13(18-14)20-3/h9-11H,4-8H2,1-3H3,(H2,16,17). The van der Waals surface area contributed by atoms with Crippen molar-refractivity contribution < 1.29 is 4.74 Å². The van der Waals surface area contributed by atoms with Crippen molar-refractivity contribution in [3.05, 3.63) is 12.1 Å². The lowest BCUT2D eigenvalue weighted by Gasteiger charge is -2.19. The molecule has 2 aromatic heterocycles. The predicted molar refractivity (Wildman–Crippen MR) is 82.0 cm³/mol. The molecule has 5 nitrogen and oxygen atoms in total. The predicted octanol–water partition coefficient (Wildman–Crippen LogP) is 3.55. The fourth-order valence-corrected chi connectivity index (χ4v) is 2.62. The summed E-state index contributed by atoms with van der Waals surface area (Å²) in [6, 6.07) is 4.10. The van der Waals surface area contributed by atoms with Crippen LogP contribution in [0.3, 0.4) is 0 Å². The van der Waals surface area contributed by atoms with E-state index in [2.05, 4.69) is 28.4 Å². The number of fused-ring (bicyclic) bond motifs is 1. The van der Waals surface area contributed by atoms with E-state index in [-0.39, 0.29) is 0 Å². The number of anilines is 1. The molecule has 0 spiro atoms. The van der Waals surface area contributed by atoms with E-state index in [1.807, 2.05) is 12.1 Å². The molecule has 2 rings (SSSR count). The number of imidazole rings is 1. The number of pyridine rings is 1. The van der Waals surface area contributed by atoms with Gasteiger partial charge < -0.3 is 10.5 Å². The number of hydrogen-bond acceptors (Lipinski definition) is 4. The maximum atomic E-state index is 6.12. The van der Waals surface area contributed by atoms with Gasteiger partial charge in [0.25, 0.3) is 0 Å². The highest BCUT2D eigenvalue weighted by Crippen LogP contribution is 2.29. The number of nitrogens with two attached hydrogens (primary N) is 1.